The highest BCUT2D eigenvalue weighted by Crippen LogP contribution is 2.44. The molecule has 16 heteroatoms. The molecule has 1 aromatic carbocycles. The molecule has 0 spiro atoms. The number of fused-ring (bicyclic) bond motifs is 2. The number of likely N-dealkylation sites (tertiary alicyclic amines) is 1. The lowest BCUT2D eigenvalue weighted by Crippen LogP contribution is -2.51. The molecule has 6 heterocycles. The highest BCUT2D eigenvalue weighted by molar-refractivity contribution is 7.27. The van der Waals surface area contributed by atoms with Gasteiger partial charge in [-0.3, -0.25) is 9.59 Å². The second-order valence-corrected chi connectivity index (χ2v) is 16.0. The molecule has 0 radical (unpaired) electrons. The van der Waals surface area contributed by atoms with E-state index in [1.54, 1.807) is 27.6 Å². The number of aromatic amines is 2. The molecule has 4 N–H and O–H groups in total. The van der Waals surface area contributed by atoms with Gasteiger partial charge < -0.3 is 39.9 Å². The van der Waals surface area contributed by atoms with Gasteiger partial charge in [-0.25, -0.2) is 19.6 Å². The van der Waals surface area contributed by atoms with Crippen molar-refractivity contribution in [3.63, 3.8) is 0 Å². The Morgan fingerprint density at radius 2 is 1.52 bits per heavy atom. The van der Waals surface area contributed by atoms with Crippen LogP contribution in [0.2, 0.25) is 0 Å². The molecular weight excluding hydrogens is 729 g/mol. The van der Waals surface area contributed by atoms with Gasteiger partial charge in [-0.05, 0) is 42.4 Å². The molecule has 14 nitrogen and oxygen atoms in total. The number of methoxy groups -OCH3 is 2. The molecule has 5 aromatic rings. The minimum Gasteiger partial charge on any atom is -0.453 e. The van der Waals surface area contributed by atoms with Crippen molar-refractivity contribution in [2.45, 2.75) is 64.7 Å². The normalized spacial score (nSPS) is 18.2. The number of hydrogen-bond acceptors (Lipinski definition) is 10. The molecule has 4 amide bonds. The first-order valence-electron chi connectivity index (χ1n) is 18.0. The molecule has 2 aliphatic rings. The summed E-state index contributed by atoms with van der Waals surface area (Å²) >= 11 is 3.34. The summed E-state index contributed by atoms with van der Waals surface area (Å²) in [4.78, 5) is 71.3. The van der Waals surface area contributed by atoms with E-state index in [0.717, 1.165) is 61.5 Å². The summed E-state index contributed by atoms with van der Waals surface area (Å²) in [5.41, 5.74) is 5.74. The average molecular weight is 773 g/mol. The number of thiophene rings is 2. The Labute approximate surface area is 320 Å². The maximum atomic E-state index is 13.6. The molecule has 1 saturated heterocycles. The number of amides is 4. The van der Waals surface area contributed by atoms with Crippen molar-refractivity contribution in [2.75, 3.05) is 27.3 Å². The second-order valence-electron chi connectivity index (χ2n) is 14.3. The molecule has 1 fully saturated rings. The van der Waals surface area contributed by atoms with Crippen LogP contribution in [0.5, 0.6) is 0 Å². The number of nitrogens with zero attached hydrogens (tertiary/aromatic N) is 4. The van der Waals surface area contributed by atoms with Gasteiger partial charge >= 0.3 is 12.2 Å². The van der Waals surface area contributed by atoms with Crippen LogP contribution in [-0.2, 0) is 19.1 Å². The molecule has 2 unspecified atom stereocenters. The van der Waals surface area contributed by atoms with E-state index < -0.39 is 30.3 Å². The molecule has 4 aromatic heterocycles. The highest BCUT2D eigenvalue weighted by atomic mass is 32.1. The average Bonchev–Trinajstić information content (AvgIpc) is 4.00. The van der Waals surface area contributed by atoms with Crippen LogP contribution < -0.4 is 10.6 Å². The predicted octanol–water partition coefficient (Wildman–Crippen LogP) is 6.76. The maximum absolute atomic E-state index is 13.6. The first-order valence-corrected chi connectivity index (χ1v) is 19.8. The number of ether oxygens (including phenoxy) is 2. The summed E-state index contributed by atoms with van der Waals surface area (Å²) < 4.78 is 11.8. The Kier molecular flexibility index (Phi) is 10.5. The topological polar surface area (TPSA) is 175 Å². The van der Waals surface area contributed by atoms with Crippen LogP contribution in [0.1, 0.15) is 64.3 Å². The number of hydrogen-bond donors (Lipinski definition) is 4. The van der Waals surface area contributed by atoms with Crippen molar-refractivity contribution in [3.05, 3.63) is 59.0 Å². The van der Waals surface area contributed by atoms with Crippen molar-refractivity contribution < 1.29 is 28.7 Å². The molecule has 4 atom stereocenters. The SMILES string of the molecule is COC(=O)N[C@H](C(=O)N1CC=CC1c1nc2ccc(-c3csc4c(-c5cnc(C6CCCN6C(=O)[C@@H](NC(=O)OC)C(C)C)[nH]5)csc34)cc2[nH]1)C(C)C. The van der Waals surface area contributed by atoms with Gasteiger partial charge in [0.15, 0.2) is 0 Å². The molecule has 0 bridgehead atoms. The van der Waals surface area contributed by atoms with Gasteiger partial charge in [-0.15, -0.1) is 22.7 Å². The third kappa shape index (κ3) is 6.95. The Hall–Kier alpha value is -5.22. The molecule has 2 aliphatic heterocycles. The fraction of sp³-hybridized carbons (Fsp3) is 0.421. The van der Waals surface area contributed by atoms with Crippen molar-refractivity contribution in [3.8, 4) is 22.4 Å². The standard InChI is InChI=1S/C38H44N8O6S2/c1-19(2)29(43-37(49)51-5)35(47)45-13-7-9-27(45)33-39-16-26(42-33)23-18-54-31-22(17-53-32(23)31)21-11-12-24-25(15-21)41-34(40-24)28-10-8-14-46(28)36(48)30(20(3)4)44-38(50)52-6/h8,10-12,15-20,27-30H,7,9,13-14H2,1-6H3,(H,39,42)(H,40,41)(H,43,49)(H,44,50)/t27?,28?,29-,30-/m0/s1. The lowest BCUT2D eigenvalue weighted by Gasteiger charge is -2.30. The molecular formula is C38H44N8O6S2. The molecule has 0 saturated carbocycles. The third-order valence-electron chi connectivity index (χ3n) is 10.1. The summed E-state index contributed by atoms with van der Waals surface area (Å²) in [5.74, 6) is 0.781. The highest BCUT2D eigenvalue weighted by Gasteiger charge is 2.38. The Morgan fingerprint density at radius 3 is 2.19 bits per heavy atom. The van der Waals surface area contributed by atoms with E-state index in [1.165, 1.54) is 14.2 Å². The number of rotatable bonds is 10. The van der Waals surface area contributed by atoms with Gasteiger partial charge in [0, 0.05) is 35.0 Å². The lowest BCUT2D eigenvalue weighted by molar-refractivity contribution is -0.136. The predicted molar refractivity (Wildman–Crippen MR) is 208 cm³/mol. The summed E-state index contributed by atoms with van der Waals surface area (Å²) in [6.07, 6.45) is 6.07. The number of imidazole rings is 2. The van der Waals surface area contributed by atoms with Crippen LogP contribution in [0, 0.1) is 11.8 Å². The molecule has 284 valence electrons. The lowest BCUT2D eigenvalue weighted by atomic mass is 10.0. The Morgan fingerprint density at radius 1 is 0.870 bits per heavy atom. The maximum Gasteiger partial charge on any atom is 0.407 e. The number of benzene rings is 1. The fourth-order valence-corrected chi connectivity index (χ4v) is 9.69. The number of H-pyrrole nitrogens is 2. The minimum atomic E-state index is -0.734. The first-order chi connectivity index (χ1) is 26.0. The van der Waals surface area contributed by atoms with E-state index in [9.17, 15) is 19.2 Å². The van der Waals surface area contributed by atoms with Crippen LogP contribution in [-0.4, -0.2) is 93.1 Å². The fourth-order valence-electron chi connectivity index (χ4n) is 7.24. The van der Waals surface area contributed by atoms with Crippen LogP contribution in [0.3, 0.4) is 0 Å². The van der Waals surface area contributed by atoms with E-state index in [1.807, 2.05) is 57.0 Å². The molecule has 0 aliphatic carbocycles. The number of aromatic nitrogens is 4. The second kappa shape index (κ2) is 15.3. The zero-order valence-electron chi connectivity index (χ0n) is 31.0. The molecule has 7 rings (SSSR count). The minimum absolute atomic E-state index is 0.112. The van der Waals surface area contributed by atoms with E-state index in [0.29, 0.717) is 18.9 Å². The van der Waals surface area contributed by atoms with Crippen molar-refractivity contribution >= 4 is 67.1 Å². The van der Waals surface area contributed by atoms with E-state index in [-0.39, 0.29) is 29.7 Å². The first kappa shape index (κ1) is 37.1. The van der Waals surface area contributed by atoms with Gasteiger partial charge in [0.25, 0.3) is 0 Å². The quantitative estimate of drug-likeness (QED) is 0.113. The number of carbonyl (C=O) groups excluding carboxylic acids is 4. The van der Waals surface area contributed by atoms with E-state index >= 15 is 0 Å². The van der Waals surface area contributed by atoms with Crippen LogP contribution in [0.4, 0.5) is 9.59 Å². The Balaban J connectivity index is 1.10. The largest absolute Gasteiger partial charge is 0.453 e. The van der Waals surface area contributed by atoms with Gasteiger partial charge in [0.2, 0.25) is 11.8 Å². The summed E-state index contributed by atoms with van der Waals surface area (Å²) in [7, 11) is 2.57. The molecule has 54 heavy (non-hydrogen) atoms. The smallest absolute Gasteiger partial charge is 0.407 e. The third-order valence-corrected chi connectivity index (χ3v) is 12.3. The van der Waals surface area contributed by atoms with Gasteiger partial charge in [-0.2, -0.15) is 0 Å². The van der Waals surface area contributed by atoms with Crippen molar-refractivity contribution in [1.29, 1.82) is 0 Å². The van der Waals surface area contributed by atoms with Crippen LogP contribution in [0.25, 0.3) is 42.8 Å². The van der Waals surface area contributed by atoms with Gasteiger partial charge in [-0.1, -0.05) is 45.9 Å². The van der Waals surface area contributed by atoms with E-state index in [2.05, 4.69) is 43.5 Å². The zero-order chi connectivity index (χ0) is 38.3. The number of nitrogens with one attached hydrogen (secondary N) is 4. The van der Waals surface area contributed by atoms with Crippen LogP contribution in [0.15, 0.2) is 47.3 Å². The van der Waals surface area contributed by atoms with E-state index in [4.69, 9.17) is 19.4 Å². The number of carbonyl (C=O) groups is 4. The Bertz CT molecular complexity index is 2230. The van der Waals surface area contributed by atoms with Crippen LogP contribution >= 0.6 is 22.7 Å². The summed E-state index contributed by atoms with van der Waals surface area (Å²) in [5, 5.41) is 9.69. The number of alkyl carbamates (subject to hydrolysis) is 2. The van der Waals surface area contributed by atoms with Crippen molar-refractivity contribution in [1.82, 2.24) is 40.4 Å². The van der Waals surface area contributed by atoms with Crippen molar-refractivity contribution in [2.24, 2.45) is 11.8 Å². The van der Waals surface area contributed by atoms with Gasteiger partial charge in [0.05, 0.1) is 52.6 Å². The summed E-state index contributed by atoms with van der Waals surface area (Å²) in [6, 6.07) is 4.10. The zero-order valence-corrected chi connectivity index (χ0v) is 32.6. The van der Waals surface area contributed by atoms with Gasteiger partial charge in [0.1, 0.15) is 29.8 Å². The summed E-state index contributed by atoms with van der Waals surface area (Å²) in [6.45, 7) is 8.57. The monoisotopic (exact) mass is 772 g/mol.